The maximum atomic E-state index is 4.77. The van der Waals surface area contributed by atoms with Crippen molar-refractivity contribution in [3.8, 4) is 0 Å². The average Bonchev–Trinajstić information content (AvgIpc) is 1.72. The molecular weight excluding hydrogens is 78.0 g/mol. The fourth-order valence-electron chi connectivity index (χ4n) is 0.324. The van der Waals surface area contributed by atoms with Crippen LogP contribution < -0.4 is 5.32 Å². The molecule has 0 bridgehead atoms. The molecule has 0 saturated heterocycles. The van der Waals surface area contributed by atoms with Crippen LogP contribution in [0.15, 0.2) is 6.26 Å². The molecule has 1 aliphatic rings. The van der Waals surface area contributed by atoms with Gasteiger partial charge in [-0.3, -0.25) is 0 Å². The van der Waals surface area contributed by atoms with Gasteiger partial charge in [-0.15, -0.1) is 0 Å². The number of nitrogens with one attached hydrogen (secondary N) is 1. The van der Waals surface area contributed by atoms with E-state index in [2.05, 4.69) is 11.5 Å². The monoisotopic (exact) mass is 84.0 g/mol. The van der Waals surface area contributed by atoms with E-state index in [1.54, 1.807) is 0 Å². The Balaban J connectivity index is 2.26. The highest BCUT2D eigenvalue weighted by atomic mass is 16.5. The fourth-order valence-corrected chi connectivity index (χ4v) is 0.324. The second-order valence-electron chi connectivity index (χ2n) is 1.06. The van der Waals surface area contributed by atoms with Gasteiger partial charge in [-0.05, 0) is 0 Å². The lowest BCUT2D eigenvalue weighted by molar-refractivity contribution is 0.233. The minimum Gasteiger partial charge on any atom is -0.497 e. The molecule has 1 N–H and O–H groups in total. The fraction of sp³-hybridized carbons (Fsp3) is 0.500. The van der Waals surface area contributed by atoms with Crippen molar-refractivity contribution in [1.82, 2.24) is 5.32 Å². The van der Waals surface area contributed by atoms with Crippen LogP contribution in [0.1, 0.15) is 0 Å². The molecule has 0 atom stereocenters. The maximum absolute atomic E-state index is 4.77. The van der Waals surface area contributed by atoms with Crippen molar-refractivity contribution in [3.63, 3.8) is 0 Å². The van der Waals surface area contributed by atoms with Gasteiger partial charge in [0.1, 0.15) is 12.9 Å². The Hall–Kier alpha value is -0.660. The summed E-state index contributed by atoms with van der Waals surface area (Å²) in [7, 11) is 0. The minimum atomic E-state index is 0.771. The van der Waals surface area contributed by atoms with Gasteiger partial charge in [0.05, 0.1) is 6.20 Å². The van der Waals surface area contributed by atoms with Gasteiger partial charge in [-0.1, -0.05) is 0 Å². The third-order valence-electron chi connectivity index (χ3n) is 0.589. The third kappa shape index (κ3) is 0.641. The van der Waals surface area contributed by atoms with Gasteiger partial charge in [0.15, 0.2) is 0 Å². The molecule has 0 aromatic rings. The Morgan fingerprint density at radius 1 is 1.83 bits per heavy atom. The Kier molecular flexibility index (Phi) is 0.998. The lowest BCUT2D eigenvalue weighted by Gasteiger charge is -2.04. The maximum Gasteiger partial charge on any atom is 0.108 e. The first-order chi connectivity index (χ1) is 3.00. The van der Waals surface area contributed by atoms with Crippen molar-refractivity contribution in [2.45, 2.75) is 0 Å². The van der Waals surface area contributed by atoms with E-state index >= 15 is 0 Å². The van der Waals surface area contributed by atoms with Crippen molar-refractivity contribution in [2.24, 2.45) is 0 Å². The molecule has 1 rings (SSSR count). The summed E-state index contributed by atoms with van der Waals surface area (Å²) < 4.78 is 4.77. The summed E-state index contributed by atoms with van der Waals surface area (Å²) in [6.45, 7) is 1.66. The van der Waals surface area contributed by atoms with E-state index in [4.69, 9.17) is 4.74 Å². The number of ether oxygens (including phenoxy) is 1. The van der Waals surface area contributed by atoms with Crippen LogP contribution in [0.3, 0.4) is 0 Å². The lowest BCUT2D eigenvalue weighted by Crippen LogP contribution is -2.16. The molecule has 2 nitrogen and oxygen atoms in total. The van der Waals surface area contributed by atoms with Crippen molar-refractivity contribution in [3.05, 3.63) is 12.5 Å². The van der Waals surface area contributed by atoms with Crippen LogP contribution in [-0.2, 0) is 4.74 Å². The largest absolute Gasteiger partial charge is 0.497 e. The average molecular weight is 84.1 g/mol. The van der Waals surface area contributed by atoms with Crippen LogP contribution in [0.2, 0.25) is 0 Å². The van der Waals surface area contributed by atoms with Crippen LogP contribution >= 0.6 is 0 Å². The van der Waals surface area contributed by atoms with Crippen LogP contribution in [0.4, 0.5) is 0 Å². The van der Waals surface area contributed by atoms with Crippen LogP contribution in [0.25, 0.3) is 0 Å². The van der Waals surface area contributed by atoms with Crippen LogP contribution in [0, 0.1) is 6.20 Å². The topological polar surface area (TPSA) is 21.3 Å². The zero-order chi connectivity index (χ0) is 4.24. The van der Waals surface area contributed by atoms with Crippen LogP contribution in [-0.4, -0.2) is 13.2 Å². The molecule has 2 heteroatoms. The highest BCUT2D eigenvalue weighted by Gasteiger charge is 1.84. The molecule has 0 aromatic heterocycles. The summed E-state index contributed by atoms with van der Waals surface area (Å²) in [5, 5.41) is 2.85. The van der Waals surface area contributed by atoms with Crippen molar-refractivity contribution < 1.29 is 4.74 Å². The quantitative estimate of drug-likeness (QED) is 0.442. The molecule has 0 spiro atoms. The summed E-state index contributed by atoms with van der Waals surface area (Å²) in [4.78, 5) is 0. The predicted molar refractivity (Wildman–Crippen MR) is 21.8 cm³/mol. The van der Waals surface area contributed by atoms with Gasteiger partial charge in [-0.25, -0.2) is 0 Å². The third-order valence-corrected chi connectivity index (χ3v) is 0.589. The van der Waals surface area contributed by atoms with Gasteiger partial charge < -0.3 is 10.1 Å². The Morgan fingerprint density at radius 2 is 2.83 bits per heavy atom. The van der Waals surface area contributed by atoms with Gasteiger partial charge in [0.25, 0.3) is 0 Å². The number of hydrogen-bond acceptors (Lipinski definition) is 2. The number of hydrogen-bond donors (Lipinski definition) is 1. The highest BCUT2D eigenvalue weighted by molar-refractivity contribution is 4.65. The lowest BCUT2D eigenvalue weighted by atomic mass is 10.6. The summed E-state index contributed by atoms with van der Waals surface area (Å²) in [6.07, 6.45) is 4.22. The molecule has 0 saturated carbocycles. The molecular formula is C4H6NO. The molecule has 1 aliphatic heterocycles. The number of rotatable bonds is 0. The molecule has 33 valence electrons. The van der Waals surface area contributed by atoms with E-state index in [1.807, 2.05) is 0 Å². The zero-order valence-corrected chi connectivity index (χ0v) is 3.40. The molecule has 6 heavy (non-hydrogen) atoms. The zero-order valence-electron chi connectivity index (χ0n) is 3.40. The van der Waals surface area contributed by atoms with Gasteiger partial charge in [-0.2, -0.15) is 0 Å². The van der Waals surface area contributed by atoms with Gasteiger partial charge in [0.2, 0.25) is 0 Å². The second-order valence-corrected chi connectivity index (χ2v) is 1.06. The van der Waals surface area contributed by atoms with E-state index < -0.39 is 0 Å². The van der Waals surface area contributed by atoms with E-state index in [1.165, 1.54) is 6.26 Å². The summed E-state index contributed by atoms with van der Waals surface area (Å²) in [5.74, 6) is 0. The Morgan fingerprint density at radius 3 is 3.00 bits per heavy atom. The molecule has 0 fully saturated rings. The molecule has 1 heterocycles. The highest BCUT2D eigenvalue weighted by Crippen LogP contribution is 1.78. The second kappa shape index (κ2) is 1.70. The predicted octanol–water partition coefficient (Wildman–Crippen LogP) is -0.119. The first-order valence-electron chi connectivity index (χ1n) is 1.92. The van der Waals surface area contributed by atoms with E-state index in [0.29, 0.717) is 0 Å². The molecule has 1 radical (unpaired) electrons. The molecule has 0 aromatic carbocycles. The Bertz CT molecular complexity index is 52.6. The first-order valence-corrected chi connectivity index (χ1v) is 1.92. The van der Waals surface area contributed by atoms with Crippen LogP contribution in [0.5, 0.6) is 0 Å². The molecule has 0 aliphatic carbocycles. The summed E-state index contributed by atoms with van der Waals surface area (Å²) in [6, 6.07) is 0. The SMILES string of the molecule is [C]1=COCCN1. The Labute approximate surface area is 36.8 Å². The van der Waals surface area contributed by atoms with E-state index in [0.717, 1.165) is 13.2 Å². The standard InChI is InChI=1S/C4H6NO/c1-3-6-4-2-5-1/h4-5H,1,3H2. The smallest absolute Gasteiger partial charge is 0.108 e. The first kappa shape index (κ1) is 3.53. The minimum absolute atomic E-state index is 0.771. The van der Waals surface area contributed by atoms with Crippen molar-refractivity contribution >= 4 is 0 Å². The van der Waals surface area contributed by atoms with E-state index in [-0.39, 0.29) is 0 Å². The van der Waals surface area contributed by atoms with Crippen molar-refractivity contribution in [1.29, 1.82) is 0 Å². The summed E-state index contributed by atoms with van der Waals surface area (Å²) in [5.41, 5.74) is 0. The summed E-state index contributed by atoms with van der Waals surface area (Å²) >= 11 is 0. The van der Waals surface area contributed by atoms with Gasteiger partial charge >= 0.3 is 0 Å². The van der Waals surface area contributed by atoms with E-state index in [9.17, 15) is 0 Å². The normalized spacial score (nSPS) is 18.7. The van der Waals surface area contributed by atoms with Crippen molar-refractivity contribution in [2.75, 3.05) is 13.2 Å². The molecule has 0 amide bonds. The molecule has 0 unspecified atom stereocenters. The van der Waals surface area contributed by atoms with Gasteiger partial charge in [0, 0.05) is 6.54 Å².